The van der Waals surface area contributed by atoms with E-state index in [0.29, 0.717) is 31.2 Å². The van der Waals surface area contributed by atoms with E-state index in [1.54, 1.807) is 0 Å². The molecule has 5 atom stereocenters. The van der Waals surface area contributed by atoms with E-state index < -0.39 is 5.60 Å². The number of benzene rings is 1. The molecule has 0 aliphatic heterocycles. The van der Waals surface area contributed by atoms with Crippen LogP contribution in [0.5, 0.6) is 5.75 Å². The van der Waals surface area contributed by atoms with Gasteiger partial charge in [-0.25, -0.2) is 0 Å². The maximum absolute atomic E-state index is 11.1. The summed E-state index contributed by atoms with van der Waals surface area (Å²) in [4.78, 5) is 0. The van der Waals surface area contributed by atoms with Crippen LogP contribution in [0.2, 0.25) is 0 Å². The minimum absolute atomic E-state index is 0.0754. The molecule has 0 heterocycles. The van der Waals surface area contributed by atoms with Crippen LogP contribution in [-0.4, -0.2) is 24.1 Å². The van der Waals surface area contributed by atoms with Crippen molar-refractivity contribution >= 4 is 0 Å². The van der Waals surface area contributed by atoms with Gasteiger partial charge in [0.2, 0.25) is 0 Å². The first-order chi connectivity index (χ1) is 12.5. The summed E-state index contributed by atoms with van der Waals surface area (Å²) in [7, 11) is 0. The van der Waals surface area contributed by atoms with E-state index >= 15 is 0 Å². The van der Waals surface area contributed by atoms with E-state index in [9.17, 15) is 5.11 Å². The highest BCUT2D eigenvalue weighted by atomic mass is 16.7. The second kappa shape index (κ2) is 6.28. The normalized spacial score (nSPS) is 40.0. The standard InChI is InChI=1S/C22H32O3/c1-4-24-14-25-16-6-8-17-15(13-16)5-7-19-18(17)9-11-21(2)20(19)10-12-22(21,3)23/h6,8,13,18-20,23H,4-5,7,9-12,14H2,1-3H3/t18-,19-,20+,21+,22+/m1/s1/i3D. The Morgan fingerprint density at radius 1 is 1.28 bits per heavy atom. The third-order valence-corrected chi connectivity index (χ3v) is 7.53. The number of hydrogen-bond donors (Lipinski definition) is 1. The maximum atomic E-state index is 11.1. The first-order valence-electron chi connectivity index (χ1n) is 10.6. The van der Waals surface area contributed by atoms with Gasteiger partial charge in [0.1, 0.15) is 5.75 Å². The van der Waals surface area contributed by atoms with Gasteiger partial charge < -0.3 is 14.6 Å². The number of hydrogen-bond acceptors (Lipinski definition) is 3. The Balaban J connectivity index is 1.56. The molecule has 25 heavy (non-hydrogen) atoms. The quantitative estimate of drug-likeness (QED) is 0.637. The lowest BCUT2D eigenvalue weighted by Gasteiger charge is -2.52. The van der Waals surface area contributed by atoms with Crippen molar-refractivity contribution in [3.05, 3.63) is 29.3 Å². The third-order valence-electron chi connectivity index (χ3n) is 7.53. The fraction of sp³-hybridized carbons (Fsp3) is 0.727. The molecular weight excluding hydrogens is 312 g/mol. The van der Waals surface area contributed by atoms with Crippen LogP contribution in [0, 0.1) is 17.3 Å². The zero-order valence-electron chi connectivity index (χ0n) is 16.6. The van der Waals surface area contributed by atoms with Crippen molar-refractivity contribution in [2.45, 2.75) is 70.8 Å². The fourth-order valence-electron chi connectivity index (χ4n) is 5.95. The number of aryl methyl sites for hydroxylation is 1. The third kappa shape index (κ3) is 2.71. The van der Waals surface area contributed by atoms with Crippen LogP contribution in [-0.2, 0) is 11.2 Å². The molecule has 0 spiro atoms. The van der Waals surface area contributed by atoms with Gasteiger partial charge in [-0.2, -0.15) is 0 Å². The van der Waals surface area contributed by atoms with Crippen LogP contribution in [0.1, 0.15) is 71.3 Å². The Kier molecular flexibility index (Phi) is 4.05. The van der Waals surface area contributed by atoms with Crippen LogP contribution < -0.4 is 4.74 Å². The lowest BCUT2D eigenvalue weighted by atomic mass is 9.53. The summed E-state index contributed by atoms with van der Waals surface area (Å²) in [6, 6.07) is 6.55. The second-order valence-corrected chi connectivity index (χ2v) is 8.56. The molecule has 1 aromatic carbocycles. The summed E-state index contributed by atoms with van der Waals surface area (Å²) in [6.07, 6.45) is 6.34. The average Bonchev–Trinajstić information content (AvgIpc) is 2.93. The van der Waals surface area contributed by atoms with Crippen molar-refractivity contribution in [3.63, 3.8) is 0 Å². The van der Waals surface area contributed by atoms with Crippen LogP contribution in [0.4, 0.5) is 0 Å². The van der Waals surface area contributed by atoms with Gasteiger partial charge in [0, 0.05) is 7.98 Å². The molecule has 3 aliphatic carbocycles. The molecule has 1 N–H and O–H groups in total. The Bertz CT molecular complexity index is 663. The summed E-state index contributed by atoms with van der Waals surface area (Å²) in [6.45, 7) is 5.36. The zero-order valence-corrected chi connectivity index (χ0v) is 15.6. The van der Waals surface area contributed by atoms with E-state index in [2.05, 4.69) is 25.1 Å². The molecule has 0 radical (unpaired) electrons. The molecule has 0 aromatic heterocycles. The highest BCUT2D eigenvalue weighted by Crippen LogP contribution is 2.64. The predicted octanol–water partition coefficient (Wildman–Crippen LogP) is 4.67. The van der Waals surface area contributed by atoms with Crippen LogP contribution in [0.15, 0.2) is 18.2 Å². The summed E-state index contributed by atoms with van der Waals surface area (Å²) in [5.41, 5.74) is 2.07. The number of aliphatic hydroxyl groups is 1. The maximum Gasteiger partial charge on any atom is 0.189 e. The summed E-state index contributed by atoms with van der Waals surface area (Å²) < 4.78 is 18.9. The molecule has 138 valence electrons. The van der Waals surface area contributed by atoms with E-state index in [4.69, 9.17) is 10.8 Å². The molecule has 3 aliphatic rings. The molecule has 3 nitrogen and oxygen atoms in total. The van der Waals surface area contributed by atoms with Crippen molar-refractivity contribution in [2.75, 3.05) is 13.4 Å². The van der Waals surface area contributed by atoms with Crippen LogP contribution >= 0.6 is 0 Å². The lowest BCUT2D eigenvalue weighted by Crippen LogP contribution is -2.49. The van der Waals surface area contributed by atoms with Crippen molar-refractivity contribution in [3.8, 4) is 5.75 Å². The summed E-state index contributed by atoms with van der Waals surface area (Å²) in [5, 5.41) is 11.1. The fourth-order valence-corrected chi connectivity index (χ4v) is 5.95. The molecule has 0 saturated heterocycles. The smallest absolute Gasteiger partial charge is 0.189 e. The highest BCUT2D eigenvalue weighted by molar-refractivity contribution is 5.40. The summed E-state index contributed by atoms with van der Waals surface area (Å²) >= 11 is 0. The average molecular weight is 346 g/mol. The monoisotopic (exact) mass is 345 g/mol. The molecular formula is C22H32O3. The Hall–Kier alpha value is -1.06. The van der Waals surface area contributed by atoms with Gasteiger partial charge in [-0.05, 0) is 98.8 Å². The molecule has 2 fully saturated rings. The van der Waals surface area contributed by atoms with Crippen LogP contribution in [0.3, 0.4) is 0 Å². The molecule has 3 heteroatoms. The zero-order chi connectivity index (χ0) is 18.4. The highest BCUT2D eigenvalue weighted by Gasteiger charge is 2.59. The van der Waals surface area contributed by atoms with Crippen molar-refractivity contribution in [2.24, 2.45) is 17.3 Å². The Morgan fingerprint density at radius 2 is 2.16 bits per heavy atom. The Labute approximate surface area is 153 Å². The molecule has 0 unspecified atom stereocenters. The largest absolute Gasteiger partial charge is 0.468 e. The number of ether oxygens (including phenoxy) is 2. The van der Waals surface area contributed by atoms with Gasteiger partial charge in [-0.1, -0.05) is 13.0 Å². The van der Waals surface area contributed by atoms with E-state index in [1.807, 2.05) is 6.92 Å². The molecule has 4 rings (SSSR count). The van der Waals surface area contributed by atoms with E-state index in [0.717, 1.165) is 37.9 Å². The predicted molar refractivity (Wildman–Crippen MR) is 98.8 cm³/mol. The first-order valence-corrected chi connectivity index (χ1v) is 9.87. The minimum Gasteiger partial charge on any atom is -0.468 e. The van der Waals surface area contributed by atoms with Crippen molar-refractivity contribution < 1.29 is 16.0 Å². The molecule has 1 aromatic rings. The van der Waals surface area contributed by atoms with Gasteiger partial charge in [0.25, 0.3) is 0 Å². The first kappa shape index (κ1) is 16.1. The lowest BCUT2D eigenvalue weighted by molar-refractivity contribution is -0.0901. The SMILES string of the molecule is [2H]C[C@]1(O)CC[C@H]2[C@@H]3CCc4cc(OCOCC)ccc4[C@H]3CC[C@@]21C. The van der Waals surface area contributed by atoms with Crippen LogP contribution in [0.25, 0.3) is 0 Å². The van der Waals surface area contributed by atoms with Gasteiger partial charge in [-0.15, -0.1) is 0 Å². The number of rotatable bonds is 4. The minimum atomic E-state index is -0.778. The second-order valence-electron chi connectivity index (χ2n) is 8.56. The van der Waals surface area contributed by atoms with Gasteiger partial charge in [-0.3, -0.25) is 0 Å². The van der Waals surface area contributed by atoms with Crippen molar-refractivity contribution in [1.82, 2.24) is 0 Å². The van der Waals surface area contributed by atoms with Gasteiger partial charge in [0.05, 0.1) is 5.60 Å². The van der Waals surface area contributed by atoms with Crippen molar-refractivity contribution in [1.29, 1.82) is 0 Å². The van der Waals surface area contributed by atoms with Gasteiger partial charge in [0.15, 0.2) is 6.79 Å². The number of fused-ring (bicyclic) bond motifs is 5. The molecule has 0 amide bonds. The topological polar surface area (TPSA) is 38.7 Å². The van der Waals surface area contributed by atoms with E-state index in [1.165, 1.54) is 17.5 Å². The van der Waals surface area contributed by atoms with E-state index in [-0.39, 0.29) is 12.3 Å². The Morgan fingerprint density at radius 3 is 2.96 bits per heavy atom. The summed E-state index contributed by atoms with van der Waals surface area (Å²) in [5.74, 6) is 2.71. The molecule has 2 saturated carbocycles. The molecule has 0 bridgehead atoms. The van der Waals surface area contributed by atoms with Gasteiger partial charge >= 0.3 is 0 Å².